The predicted molar refractivity (Wildman–Crippen MR) is 74.4 cm³/mol. The maximum Gasteiger partial charge on any atom is 0.164 e. The lowest BCUT2D eigenvalue weighted by molar-refractivity contribution is 0.0861. The molecule has 2 heterocycles. The minimum Gasteiger partial charge on any atom is -0.378 e. The van der Waals surface area contributed by atoms with E-state index >= 15 is 0 Å². The fourth-order valence-electron chi connectivity index (χ4n) is 2.49. The van der Waals surface area contributed by atoms with Gasteiger partial charge in [0, 0.05) is 34.1 Å². The molecule has 2 aromatic rings. The highest BCUT2D eigenvalue weighted by Crippen LogP contribution is 2.27. The molecule has 0 N–H and O–H groups in total. The van der Waals surface area contributed by atoms with Gasteiger partial charge < -0.3 is 4.74 Å². The molecule has 2 nitrogen and oxygen atoms in total. The van der Waals surface area contributed by atoms with Gasteiger partial charge in [-0.2, -0.15) is 0 Å². The first-order chi connectivity index (χ1) is 8.84. The Morgan fingerprint density at radius 2 is 2.28 bits per heavy atom. The first kappa shape index (κ1) is 11.9. The Hall–Kier alpha value is -1.19. The number of ketones is 1. The van der Waals surface area contributed by atoms with Gasteiger partial charge >= 0.3 is 0 Å². The van der Waals surface area contributed by atoms with Crippen molar-refractivity contribution >= 4 is 27.2 Å². The van der Waals surface area contributed by atoms with E-state index < -0.39 is 0 Å². The van der Waals surface area contributed by atoms with Crippen LogP contribution in [0.15, 0.2) is 29.6 Å². The molecule has 0 spiro atoms. The SMILES string of the molecule is O=C(CCC1CCCO1)c1csc2ccccc12. The fraction of sp³-hybridized carbons (Fsp3) is 0.400. The van der Waals surface area contributed by atoms with Gasteiger partial charge in [0.05, 0.1) is 6.10 Å². The molecular formula is C15H16O2S. The van der Waals surface area contributed by atoms with Crippen molar-refractivity contribution in [3.05, 3.63) is 35.2 Å². The third-order valence-corrected chi connectivity index (χ3v) is 4.46. The third kappa shape index (κ3) is 2.33. The van der Waals surface area contributed by atoms with Crippen LogP contribution in [-0.2, 0) is 4.74 Å². The highest BCUT2D eigenvalue weighted by Gasteiger charge is 2.18. The van der Waals surface area contributed by atoms with E-state index in [0.717, 1.165) is 36.8 Å². The topological polar surface area (TPSA) is 26.3 Å². The van der Waals surface area contributed by atoms with E-state index in [1.807, 2.05) is 23.6 Å². The van der Waals surface area contributed by atoms with Gasteiger partial charge in [-0.05, 0) is 25.3 Å². The van der Waals surface area contributed by atoms with Crippen LogP contribution in [0.25, 0.3) is 10.1 Å². The lowest BCUT2D eigenvalue weighted by Gasteiger charge is -2.07. The van der Waals surface area contributed by atoms with Crippen molar-refractivity contribution in [1.29, 1.82) is 0 Å². The molecule has 1 aliphatic rings. The van der Waals surface area contributed by atoms with E-state index in [2.05, 4.69) is 6.07 Å². The zero-order chi connectivity index (χ0) is 12.4. The molecule has 0 saturated carbocycles. The maximum absolute atomic E-state index is 12.2. The summed E-state index contributed by atoms with van der Waals surface area (Å²) in [6.07, 6.45) is 4.02. The van der Waals surface area contributed by atoms with Crippen LogP contribution in [0.1, 0.15) is 36.0 Å². The van der Waals surface area contributed by atoms with E-state index in [4.69, 9.17) is 4.74 Å². The first-order valence-electron chi connectivity index (χ1n) is 6.45. The Bertz CT molecular complexity index is 552. The molecular weight excluding hydrogens is 244 g/mol. The number of hydrogen-bond acceptors (Lipinski definition) is 3. The molecule has 1 saturated heterocycles. The van der Waals surface area contributed by atoms with Gasteiger partial charge in [-0.1, -0.05) is 18.2 Å². The molecule has 3 heteroatoms. The Balaban J connectivity index is 1.71. The lowest BCUT2D eigenvalue weighted by Crippen LogP contribution is -2.08. The molecule has 1 aromatic heterocycles. The first-order valence-corrected chi connectivity index (χ1v) is 7.33. The summed E-state index contributed by atoms with van der Waals surface area (Å²) in [5.41, 5.74) is 0.883. The largest absolute Gasteiger partial charge is 0.378 e. The number of carbonyl (C=O) groups is 1. The predicted octanol–water partition coefficient (Wildman–Crippen LogP) is 4.04. The van der Waals surface area contributed by atoms with Crippen LogP contribution < -0.4 is 0 Å². The quantitative estimate of drug-likeness (QED) is 0.775. The van der Waals surface area contributed by atoms with Crippen molar-refractivity contribution in [1.82, 2.24) is 0 Å². The number of hydrogen-bond donors (Lipinski definition) is 0. The number of thiophene rings is 1. The Kier molecular flexibility index (Phi) is 3.43. The molecule has 1 unspecified atom stereocenters. The molecule has 1 fully saturated rings. The smallest absolute Gasteiger partial charge is 0.164 e. The second-order valence-corrected chi connectivity index (χ2v) is 5.65. The average Bonchev–Trinajstić information content (AvgIpc) is 3.05. The van der Waals surface area contributed by atoms with Crippen LogP contribution in [-0.4, -0.2) is 18.5 Å². The van der Waals surface area contributed by atoms with Crippen LogP contribution in [0.3, 0.4) is 0 Å². The monoisotopic (exact) mass is 260 g/mol. The van der Waals surface area contributed by atoms with Crippen LogP contribution in [0.2, 0.25) is 0 Å². The summed E-state index contributed by atoms with van der Waals surface area (Å²) in [5, 5.41) is 3.09. The van der Waals surface area contributed by atoms with Gasteiger partial charge in [0.15, 0.2) is 5.78 Å². The summed E-state index contributed by atoms with van der Waals surface area (Å²) in [7, 11) is 0. The van der Waals surface area contributed by atoms with Crippen molar-refractivity contribution in [2.24, 2.45) is 0 Å². The Labute approximate surface area is 111 Å². The van der Waals surface area contributed by atoms with Crippen LogP contribution in [0.4, 0.5) is 0 Å². The van der Waals surface area contributed by atoms with Gasteiger partial charge in [-0.3, -0.25) is 4.79 Å². The summed E-state index contributed by atoms with van der Waals surface area (Å²) < 4.78 is 6.75. The average molecular weight is 260 g/mol. The van der Waals surface area contributed by atoms with Gasteiger partial charge in [-0.15, -0.1) is 11.3 Å². The van der Waals surface area contributed by atoms with Crippen LogP contribution >= 0.6 is 11.3 Å². The standard InChI is InChI=1S/C15H16O2S/c16-14(8-7-11-4-3-9-17-11)13-10-18-15-6-2-1-5-12(13)15/h1-2,5-6,10-11H,3-4,7-9H2. The van der Waals surface area contributed by atoms with Crippen molar-refractivity contribution < 1.29 is 9.53 Å². The zero-order valence-corrected chi connectivity index (χ0v) is 11.0. The normalized spacial score (nSPS) is 19.4. The summed E-state index contributed by atoms with van der Waals surface area (Å²) in [5.74, 6) is 0.253. The van der Waals surface area contributed by atoms with E-state index in [9.17, 15) is 4.79 Å². The molecule has 1 atom stereocenters. The van der Waals surface area contributed by atoms with Gasteiger partial charge in [0.2, 0.25) is 0 Å². The van der Waals surface area contributed by atoms with Gasteiger partial charge in [0.25, 0.3) is 0 Å². The molecule has 94 valence electrons. The molecule has 1 aromatic carbocycles. The van der Waals surface area contributed by atoms with E-state index in [1.54, 1.807) is 11.3 Å². The minimum absolute atomic E-state index is 0.253. The van der Waals surface area contributed by atoms with E-state index in [0.29, 0.717) is 12.5 Å². The van der Waals surface area contributed by atoms with Crippen molar-refractivity contribution in [2.45, 2.75) is 31.8 Å². The minimum atomic E-state index is 0.253. The molecule has 0 aliphatic carbocycles. The number of carbonyl (C=O) groups excluding carboxylic acids is 1. The van der Waals surface area contributed by atoms with Crippen molar-refractivity contribution in [2.75, 3.05) is 6.61 Å². The van der Waals surface area contributed by atoms with Crippen molar-refractivity contribution in [3.8, 4) is 0 Å². The van der Waals surface area contributed by atoms with Gasteiger partial charge in [0.1, 0.15) is 0 Å². The number of Topliss-reactive ketones (excluding diaryl/α,β-unsaturated/α-hetero) is 1. The number of benzene rings is 1. The molecule has 0 amide bonds. The van der Waals surface area contributed by atoms with E-state index in [-0.39, 0.29) is 5.78 Å². The second-order valence-electron chi connectivity index (χ2n) is 4.74. The fourth-order valence-corrected chi connectivity index (χ4v) is 3.46. The molecule has 0 bridgehead atoms. The lowest BCUT2D eigenvalue weighted by atomic mass is 10.0. The summed E-state index contributed by atoms with van der Waals surface area (Å²) in [6, 6.07) is 8.10. The van der Waals surface area contributed by atoms with Crippen molar-refractivity contribution in [3.63, 3.8) is 0 Å². The number of rotatable bonds is 4. The van der Waals surface area contributed by atoms with Gasteiger partial charge in [-0.25, -0.2) is 0 Å². The highest BCUT2D eigenvalue weighted by atomic mass is 32.1. The van der Waals surface area contributed by atoms with E-state index in [1.165, 1.54) is 4.70 Å². The highest BCUT2D eigenvalue weighted by molar-refractivity contribution is 7.17. The zero-order valence-electron chi connectivity index (χ0n) is 10.2. The molecule has 18 heavy (non-hydrogen) atoms. The van der Waals surface area contributed by atoms with Crippen LogP contribution in [0, 0.1) is 0 Å². The number of fused-ring (bicyclic) bond motifs is 1. The maximum atomic E-state index is 12.2. The summed E-state index contributed by atoms with van der Waals surface area (Å²) >= 11 is 1.65. The second kappa shape index (κ2) is 5.21. The molecule has 1 aliphatic heterocycles. The summed E-state index contributed by atoms with van der Waals surface area (Å²) in [4.78, 5) is 12.2. The van der Waals surface area contributed by atoms with Crippen LogP contribution in [0.5, 0.6) is 0 Å². The molecule has 0 radical (unpaired) electrons. The molecule has 3 rings (SSSR count). The summed E-state index contributed by atoms with van der Waals surface area (Å²) in [6.45, 7) is 0.861. The Morgan fingerprint density at radius 3 is 3.11 bits per heavy atom. The number of ether oxygens (including phenoxy) is 1. The third-order valence-electron chi connectivity index (χ3n) is 3.50. The Morgan fingerprint density at radius 1 is 1.39 bits per heavy atom.